The summed E-state index contributed by atoms with van der Waals surface area (Å²) in [5.41, 5.74) is 6.97. The van der Waals surface area contributed by atoms with E-state index in [9.17, 15) is 4.79 Å². The van der Waals surface area contributed by atoms with Gasteiger partial charge in [-0.3, -0.25) is 9.89 Å². The third-order valence-electron chi connectivity index (χ3n) is 5.59. The molecule has 142 valence electrons. The zero-order valence-corrected chi connectivity index (χ0v) is 18.2. The molecule has 1 aromatic carbocycles. The van der Waals surface area contributed by atoms with Crippen molar-refractivity contribution in [1.29, 1.82) is 0 Å². The first-order valence-electron chi connectivity index (χ1n) is 9.40. The summed E-state index contributed by atoms with van der Waals surface area (Å²) < 4.78 is 0.830. The lowest BCUT2D eigenvalue weighted by Crippen LogP contribution is -2.26. The van der Waals surface area contributed by atoms with Gasteiger partial charge in [-0.2, -0.15) is 5.10 Å². The SMILES string of the molecule is CN(C(=O)CCI)c1ccc2cc(-c3n[nH]c4c3CCC(C)(C)C4)[nH]c2c1. The first kappa shape index (κ1) is 18.5. The number of hydrogen-bond acceptors (Lipinski definition) is 2. The fraction of sp³-hybridized carbons (Fsp3) is 0.429. The molecule has 0 unspecified atom stereocenters. The van der Waals surface area contributed by atoms with Crippen molar-refractivity contribution < 1.29 is 4.79 Å². The van der Waals surface area contributed by atoms with Gasteiger partial charge in [-0.25, -0.2) is 0 Å². The van der Waals surface area contributed by atoms with E-state index in [1.54, 1.807) is 4.90 Å². The van der Waals surface area contributed by atoms with Crippen LogP contribution >= 0.6 is 22.6 Å². The predicted octanol–water partition coefficient (Wildman–Crippen LogP) is 4.86. The van der Waals surface area contributed by atoms with Crippen molar-refractivity contribution in [1.82, 2.24) is 15.2 Å². The Balaban J connectivity index is 1.67. The summed E-state index contributed by atoms with van der Waals surface area (Å²) in [6.45, 7) is 4.63. The molecule has 5 nitrogen and oxygen atoms in total. The van der Waals surface area contributed by atoms with Gasteiger partial charge in [-0.05, 0) is 42.9 Å². The number of nitrogens with one attached hydrogen (secondary N) is 2. The predicted molar refractivity (Wildman–Crippen MR) is 119 cm³/mol. The van der Waals surface area contributed by atoms with E-state index in [-0.39, 0.29) is 5.91 Å². The average Bonchev–Trinajstić information content (AvgIpc) is 3.22. The number of aromatic amines is 2. The molecule has 1 amide bonds. The van der Waals surface area contributed by atoms with Crippen molar-refractivity contribution >= 4 is 45.1 Å². The van der Waals surface area contributed by atoms with Gasteiger partial charge in [0.05, 0.1) is 5.69 Å². The number of nitrogens with zero attached hydrogens (tertiary/aromatic N) is 2. The third kappa shape index (κ3) is 3.51. The Morgan fingerprint density at radius 1 is 1.33 bits per heavy atom. The molecule has 0 saturated heterocycles. The number of carbonyl (C=O) groups excluding carboxylic acids is 1. The summed E-state index contributed by atoms with van der Waals surface area (Å²) in [6.07, 6.45) is 3.84. The van der Waals surface area contributed by atoms with E-state index in [1.165, 1.54) is 17.7 Å². The van der Waals surface area contributed by atoms with E-state index in [0.29, 0.717) is 11.8 Å². The summed E-state index contributed by atoms with van der Waals surface area (Å²) in [5, 5.41) is 9.01. The highest BCUT2D eigenvalue weighted by Gasteiger charge is 2.29. The van der Waals surface area contributed by atoms with Crippen LogP contribution in [0.2, 0.25) is 0 Å². The number of H-pyrrole nitrogens is 2. The fourth-order valence-electron chi connectivity index (χ4n) is 3.91. The van der Waals surface area contributed by atoms with Crippen LogP contribution in [-0.2, 0) is 17.6 Å². The fourth-order valence-corrected chi connectivity index (χ4v) is 4.38. The highest BCUT2D eigenvalue weighted by Crippen LogP contribution is 2.38. The largest absolute Gasteiger partial charge is 0.353 e. The van der Waals surface area contributed by atoms with E-state index in [4.69, 9.17) is 0 Å². The van der Waals surface area contributed by atoms with Crippen molar-refractivity contribution in [3.63, 3.8) is 0 Å². The standard InChI is InChI=1S/C21H25IN4O/c1-21(2)8-6-15-18(12-21)24-25-20(15)17-10-13-4-5-14(11-16(13)23-17)26(3)19(27)7-9-22/h4-5,10-11,23H,6-9,12H2,1-3H3,(H,24,25). The minimum atomic E-state index is 0.138. The summed E-state index contributed by atoms with van der Waals surface area (Å²) in [4.78, 5) is 17.4. The second-order valence-electron chi connectivity index (χ2n) is 8.22. The monoisotopic (exact) mass is 476 g/mol. The molecular formula is C21H25IN4O. The quantitative estimate of drug-likeness (QED) is 0.417. The smallest absolute Gasteiger partial charge is 0.227 e. The van der Waals surface area contributed by atoms with Crippen molar-refractivity contribution in [2.45, 2.75) is 39.5 Å². The number of benzene rings is 1. The van der Waals surface area contributed by atoms with Crippen molar-refractivity contribution in [2.75, 3.05) is 16.4 Å². The van der Waals surface area contributed by atoms with E-state index in [2.05, 4.69) is 63.8 Å². The molecule has 0 radical (unpaired) electrons. The lowest BCUT2D eigenvalue weighted by atomic mass is 9.76. The maximum atomic E-state index is 12.2. The molecule has 0 atom stereocenters. The lowest BCUT2D eigenvalue weighted by molar-refractivity contribution is -0.117. The van der Waals surface area contributed by atoms with Crippen LogP contribution in [0.1, 0.15) is 37.9 Å². The zero-order chi connectivity index (χ0) is 19.2. The van der Waals surface area contributed by atoms with Gasteiger partial charge in [0.25, 0.3) is 0 Å². The van der Waals surface area contributed by atoms with Crippen LogP contribution in [0.25, 0.3) is 22.3 Å². The van der Waals surface area contributed by atoms with Gasteiger partial charge in [0.15, 0.2) is 0 Å². The molecule has 1 aliphatic rings. The van der Waals surface area contributed by atoms with E-state index < -0.39 is 0 Å². The average molecular weight is 476 g/mol. The molecule has 0 saturated carbocycles. The second-order valence-corrected chi connectivity index (χ2v) is 9.30. The first-order valence-corrected chi connectivity index (χ1v) is 10.9. The van der Waals surface area contributed by atoms with Crippen LogP contribution in [0.5, 0.6) is 0 Å². The molecule has 27 heavy (non-hydrogen) atoms. The number of alkyl halides is 1. The molecule has 4 rings (SSSR count). The molecule has 3 aromatic rings. The number of anilines is 1. The Morgan fingerprint density at radius 3 is 2.93 bits per heavy atom. The summed E-state index contributed by atoms with van der Waals surface area (Å²) in [7, 11) is 1.84. The topological polar surface area (TPSA) is 64.8 Å². The second kappa shape index (κ2) is 6.96. The molecule has 1 aliphatic carbocycles. The summed E-state index contributed by atoms with van der Waals surface area (Å²) >= 11 is 2.23. The van der Waals surface area contributed by atoms with Crippen LogP contribution < -0.4 is 4.90 Å². The van der Waals surface area contributed by atoms with Gasteiger partial charge in [0.2, 0.25) is 5.91 Å². The number of hydrogen-bond donors (Lipinski definition) is 2. The molecule has 2 heterocycles. The van der Waals surface area contributed by atoms with Gasteiger partial charge in [0.1, 0.15) is 5.69 Å². The summed E-state index contributed by atoms with van der Waals surface area (Å²) in [6, 6.07) is 8.28. The van der Waals surface area contributed by atoms with E-state index >= 15 is 0 Å². The number of amides is 1. The van der Waals surface area contributed by atoms with Gasteiger partial charge < -0.3 is 9.88 Å². The number of fused-ring (bicyclic) bond motifs is 2. The van der Waals surface area contributed by atoms with Crippen molar-refractivity contribution in [3.8, 4) is 11.4 Å². The Kier molecular flexibility index (Phi) is 4.78. The number of rotatable bonds is 4. The Labute approximate surface area is 173 Å². The number of carbonyl (C=O) groups is 1. The first-order chi connectivity index (χ1) is 12.9. The van der Waals surface area contributed by atoms with Gasteiger partial charge >= 0.3 is 0 Å². The van der Waals surface area contributed by atoms with Crippen molar-refractivity contribution in [3.05, 3.63) is 35.5 Å². The van der Waals surface area contributed by atoms with Gasteiger partial charge in [-0.15, -0.1) is 0 Å². The van der Waals surface area contributed by atoms with Crippen LogP contribution in [-0.4, -0.2) is 32.6 Å². The van der Waals surface area contributed by atoms with Crippen LogP contribution in [0.4, 0.5) is 5.69 Å². The Hall–Kier alpha value is -1.83. The highest BCUT2D eigenvalue weighted by molar-refractivity contribution is 14.1. The van der Waals surface area contributed by atoms with Crippen LogP contribution in [0.3, 0.4) is 0 Å². The molecule has 2 aromatic heterocycles. The Bertz CT molecular complexity index is 1000. The molecular weight excluding hydrogens is 451 g/mol. The van der Waals surface area contributed by atoms with Crippen molar-refractivity contribution in [2.24, 2.45) is 5.41 Å². The lowest BCUT2D eigenvalue weighted by Gasteiger charge is -2.28. The molecule has 6 heteroatoms. The highest BCUT2D eigenvalue weighted by atomic mass is 127. The minimum Gasteiger partial charge on any atom is -0.353 e. The molecule has 2 N–H and O–H groups in total. The van der Waals surface area contributed by atoms with E-state index in [1.807, 2.05) is 19.2 Å². The normalized spacial score (nSPS) is 15.7. The molecule has 0 bridgehead atoms. The number of halogens is 1. The van der Waals surface area contributed by atoms with Crippen LogP contribution in [0.15, 0.2) is 24.3 Å². The Morgan fingerprint density at radius 2 is 2.15 bits per heavy atom. The zero-order valence-electron chi connectivity index (χ0n) is 16.0. The van der Waals surface area contributed by atoms with Crippen LogP contribution in [0, 0.1) is 5.41 Å². The van der Waals surface area contributed by atoms with E-state index in [0.717, 1.165) is 45.2 Å². The third-order valence-corrected chi connectivity index (χ3v) is 6.13. The van der Waals surface area contributed by atoms with Gasteiger partial charge in [0, 0.05) is 45.7 Å². The van der Waals surface area contributed by atoms with Gasteiger partial charge in [-0.1, -0.05) is 42.5 Å². The summed E-state index contributed by atoms with van der Waals surface area (Å²) in [5.74, 6) is 0.138. The molecule has 0 fully saturated rings. The molecule has 0 spiro atoms. The molecule has 0 aliphatic heterocycles. The maximum Gasteiger partial charge on any atom is 0.227 e. The number of aromatic nitrogens is 3. The maximum absolute atomic E-state index is 12.2. The minimum absolute atomic E-state index is 0.138.